The SMILES string of the molecule is Cc1ccc(Cl)c(-n2cc(C(C)C)c3cc(-c4nc(C(C)(C)O)n(C)n4)c(F)cc3c2=O)n1. The quantitative estimate of drug-likeness (QED) is 0.471. The van der Waals surface area contributed by atoms with Gasteiger partial charge in [0.2, 0.25) is 0 Å². The van der Waals surface area contributed by atoms with Gasteiger partial charge in [-0.2, -0.15) is 5.10 Å². The van der Waals surface area contributed by atoms with Crippen molar-refractivity contribution in [3.8, 4) is 17.2 Å². The summed E-state index contributed by atoms with van der Waals surface area (Å²) in [5.41, 5.74) is 0.0108. The van der Waals surface area contributed by atoms with Gasteiger partial charge in [0.25, 0.3) is 5.56 Å². The zero-order chi connectivity index (χ0) is 24.2. The number of fused-ring (bicyclic) bond motifs is 1. The molecule has 33 heavy (non-hydrogen) atoms. The Kier molecular flexibility index (Phi) is 5.62. The van der Waals surface area contributed by atoms with Crippen molar-refractivity contribution in [2.24, 2.45) is 7.05 Å². The van der Waals surface area contributed by atoms with Crippen LogP contribution in [0.3, 0.4) is 0 Å². The molecule has 3 heterocycles. The molecular formula is C24H25ClFN5O2. The van der Waals surface area contributed by atoms with Crippen LogP contribution in [0.1, 0.15) is 50.7 Å². The summed E-state index contributed by atoms with van der Waals surface area (Å²) in [5.74, 6) is 0.122. The molecule has 0 unspecified atom stereocenters. The van der Waals surface area contributed by atoms with Gasteiger partial charge in [0.15, 0.2) is 17.5 Å². The fourth-order valence-corrected chi connectivity index (χ4v) is 4.10. The molecule has 0 aliphatic rings. The van der Waals surface area contributed by atoms with E-state index in [1.807, 2.05) is 20.8 Å². The second kappa shape index (κ2) is 8.04. The molecule has 0 atom stereocenters. The first-order valence-corrected chi connectivity index (χ1v) is 10.9. The summed E-state index contributed by atoms with van der Waals surface area (Å²) in [4.78, 5) is 22.2. The summed E-state index contributed by atoms with van der Waals surface area (Å²) in [6.45, 7) is 8.96. The summed E-state index contributed by atoms with van der Waals surface area (Å²) >= 11 is 6.34. The molecule has 0 saturated heterocycles. The van der Waals surface area contributed by atoms with Gasteiger partial charge in [-0.15, -0.1) is 0 Å². The van der Waals surface area contributed by atoms with E-state index >= 15 is 4.39 Å². The lowest BCUT2D eigenvalue weighted by atomic mass is 9.96. The van der Waals surface area contributed by atoms with Crippen molar-refractivity contribution in [2.45, 2.75) is 46.1 Å². The Labute approximate surface area is 195 Å². The lowest BCUT2D eigenvalue weighted by Crippen LogP contribution is -2.21. The zero-order valence-corrected chi connectivity index (χ0v) is 20.1. The molecule has 0 spiro atoms. The molecule has 7 nitrogen and oxygen atoms in total. The highest BCUT2D eigenvalue weighted by Crippen LogP contribution is 2.31. The number of benzene rings is 1. The van der Waals surface area contributed by atoms with E-state index in [4.69, 9.17) is 11.6 Å². The van der Waals surface area contributed by atoms with Crippen LogP contribution in [0.5, 0.6) is 0 Å². The van der Waals surface area contributed by atoms with E-state index in [0.717, 1.165) is 5.56 Å². The Bertz CT molecular complexity index is 1450. The van der Waals surface area contributed by atoms with Gasteiger partial charge in [0, 0.05) is 18.9 Å². The third kappa shape index (κ3) is 4.05. The number of nitrogens with zero attached hydrogens (tertiary/aromatic N) is 5. The Morgan fingerprint density at radius 3 is 2.45 bits per heavy atom. The van der Waals surface area contributed by atoms with Crippen LogP contribution in [0.25, 0.3) is 28.0 Å². The van der Waals surface area contributed by atoms with Gasteiger partial charge < -0.3 is 5.11 Å². The minimum atomic E-state index is -1.25. The van der Waals surface area contributed by atoms with Crippen LogP contribution in [0, 0.1) is 12.7 Å². The molecule has 0 aliphatic carbocycles. The molecule has 1 N–H and O–H groups in total. The van der Waals surface area contributed by atoms with Crippen LogP contribution >= 0.6 is 11.6 Å². The van der Waals surface area contributed by atoms with E-state index in [-0.39, 0.29) is 22.7 Å². The predicted molar refractivity (Wildman–Crippen MR) is 126 cm³/mol. The molecule has 1 aromatic carbocycles. The zero-order valence-electron chi connectivity index (χ0n) is 19.3. The number of aromatic nitrogens is 5. The van der Waals surface area contributed by atoms with Gasteiger partial charge in [-0.25, -0.2) is 19.0 Å². The molecule has 0 saturated carbocycles. The molecule has 0 radical (unpaired) electrons. The van der Waals surface area contributed by atoms with Gasteiger partial charge in [-0.1, -0.05) is 25.4 Å². The number of hydrogen-bond acceptors (Lipinski definition) is 5. The Morgan fingerprint density at radius 2 is 1.85 bits per heavy atom. The molecule has 0 amide bonds. The summed E-state index contributed by atoms with van der Waals surface area (Å²) in [7, 11) is 1.64. The average molecular weight is 470 g/mol. The van der Waals surface area contributed by atoms with Crippen LogP contribution in [0.2, 0.25) is 5.02 Å². The van der Waals surface area contributed by atoms with Crippen molar-refractivity contribution in [3.63, 3.8) is 0 Å². The molecule has 0 fully saturated rings. The maximum Gasteiger partial charge on any atom is 0.264 e. The Morgan fingerprint density at radius 1 is 1.15 bits per heavy atom. The number of aliphatic hydroxyl groups is 1. The fourth-order valence-electron chi connectivity index (χ4n) is 3.90. The standard InChI is InChI=1S/C24H25ClFN5O2/c1-12(2)17-11-31(21-18(25)8-7-13(3)27-21)22(32)15-10-19(26)16(9-14(15)17)20-28-23(24(4,5)33)30(6)29-20/h7-12,33H,1-6H3. The first-order chi connectivity index (χ1) is 15.4. The molecule has 0 aliphatic heterocycles. The van der Waals surface area contributed by atoms with E-state index in [1.54, 1.807) is 45.3 Å². The highest BCUT2D eigenvalue weighted by Gasteiger charge is 2.26. The minimum absolute atomic E-state index is 0.0184. The summed E-state index contributed by atoms with van der Waals surface area (Å²) in [5, 5.41) is 15.8. The lowest BCUT2D eigenvalue weighted by Gasteiger charge is -2.16. The molecule has 3 aromatic heterocycles. The van der Waals surface area contributed by atoms with Gasteiger partial charge in [0.1, 0.15) is 11.4 Å². The lowest BCUT2D eigenvalue weighted by molar-refractivity contribution is 0.0648. The van der Waals surface area contributed by atoms with E-state index in [2.05, 4.69) is 15.1 Å². The molecule has 0 bridgehead atoms. The first kappa shape index (κ1) is 23.1. The maximum absolute atomic E-state index is 15.3. The minimum Gasteiger partial charge on any atom is -0.382 e. The highest BCUT2D eigenvalue weighted by molar-refractivity contribution is 6.32. The summed E-state index contributed by atoms with van der Waals surface area (Å²) < 4.78 is 18.1. The third-order valence-electron chi connectivity index (χ3n) is 5.50. The Hall–Kier alpha value is -3.10. The Balaban J connectivity index is 2.02. The normalized spacial score (nSPS) is 12.2. The van der Waals surface area contributed by atoms with Crippen molar-refractivity contribution in [3.05, 3.63) is 68.7 Å². The van der Waals surface area contributed by atoms with E-state index < -0.39 is 17.0 Å². The highest BCUT2D eigenvalue weighted by atomic mass is 35.5. The average Bonchev–Trinajstić information content (AvgIpc) is 3.12. The van der Waals surface area contributed by atoms with Crippen LogP contribution in [-0.2, 0) is 12.6 Å². The summed E-state index contributed by atoms with van der Waals surface area (Å²) in [6, 6.07) is 6.25. The van der Waals surface area contributed by atoms with E-state index in [9.17, 15) is 9.90 Å². The van der Waals surface area contributed by atoms with E-state index in [0.29, 0.717) is 27.7 Å². The topological polar surface area (TPSA) is 85.8 Å². The van der Waals surface area contributed by atoms with Crippen LogP contribution in [-0.4, -0.2) is 29.4 Å². The second-order valence-corrected chi connectivity index (χ2v) is 9.40. The smallest absolute Gasteiger partial charge is 0.264 e. The number of pyridine rings is 2. The van der Waals surface area contributed by atoms with Crippen LogP contribution in [0.15, 0.2) is 35.3 Å². The molecule has 4 aromatic rings. The van der Waals surface area contributed by atoms with Crippen molar-refractivity contribution < 1.29 is 9.50 Å². The van der Waals surface area contributed by atoms with Crippen molar-refractivity contribution in [1.29, 1.82) is 0 Å². The third-order valence-corrected chi connectivity index (χ3v) is 5.80. The molecule has 4 rings (SSSR count). The van der Waals surface area contributed by atoms with Crippen LogP contribution < -0.4 is 5.56 Å². The first-order valence-electron chi connectivity index (χ1n) is 10.5. The monoisotopic (exact) mass is 469 g/mol. The van der Waals surface area contributed by atoms with Crippen molar-refractivity contribution in [2.75, 3.05) is 0 Å². The van der Waals surface area contributed by atoms with Gasteiger partial charge in [-0.3, -0.25) is 9.36 Å². The number of hydrogen-bond donors (Lipinski definition) is 1. The summed E-state index contributed by atoms with van der Waals surface area (Å²) in [6.07, 6.45) is 1.71. The van der Waals surface area contributed by atoms with E-state index in [1.165, 1.54) is 15.3 Å². The van der Waals surface area contributed by atoms with Crippen molar-refractivity contribution >= 4 is 22.4 Å². The van der Waals surface area contributed by atoms with Crippen LogP contribution in [0.4, 0.5) is 4.39 Å². The predicted octanol–water partition coefficient (Wildman–Crippen LogP) is 4.63. The fraction of sp³-hybridized carbons (Fsp3) is 0.333. The molecule has 172 valence electrons. The van der Waals surface area contributed by atoms with Gasteiger partial charge in [0.05, 0.1) is 16.0 Å². The van der Waals surface area contributed by atoms with Gasteiger partial charge in [-0.05, 0) is 61.9 Å². The second-order valence-electron chi connectivity index (χ2n) is 8.99. The van der Waals surface area contributed by atoms with Gasteiger partial charge >= 0.3 is 0 Å². The van der Waals surface area contributed by atoms with Crippen molar-refractivity contribution in [1.82, 2.24) is 24.3 Å². The maximum atomic E-state index is 15.3. The molecular weight excluding hydrogens is 445 g/mol. The largest absolute Gasteiger partial charge is 0.382 e. The number of aryl methyl sites for hydroxylation is 2. The molecule has 9 heteroatoms. The number of halogens is 2. The number of rotatable bonds is 4.